The molecule has 0 saturated carbocycles. The third kappa shape index (κ3) is 5.31. The zero-order valence-corrected chi connectivity index (χ0v) is 14.5. The molecule has 0 unspecified atom stereocenters. The Morgan fingerprint density at radius 1 is 0.960 bits per heavy atom. The van der Waals surface area contributed by atoms with Crippen LogP contribution in [0.4, 0.5) is 10.1 Å². The lowest BCUT2D eigenvalue weighted by Gasteiger charge is -2.17. The van der Waals surface area contributed by atoms with Crippen LogP contribution in [0.2, 0.25) is 0 Å². The van der Waals surface area contributed by atoms with Crippen molar-refractivity contribution >= 4 is 11.6 Å². The van der Waals surface area contributed by atoms with Crippen molar-refractivity contribution in [2.75, 3.05) is 24.5 Å². The number of hydrogen-bond donors (Lipinski definition) is 1. The molecule has 1 aliphatic heterocycles. The first-order valence-electron chi connectivity index (χ1n) is 9.06. The number of aryl methyl sites for hydroxylation is 1. The summed E-state index contributed by atoms with van der Waals surface area (Å²) in [7, 11) is 0. The van der Waals surface area contributed by atoms with Crippen LogP contribution >= 0.6 is 0 Å². The maximum atomic E-state index is 12.8. The molecule has 0 aromatic heterocycles. The lowest BCUT2D eigenvalue weighted by atomic mass is 10.1. The molecule has 3 nitrogen and oxygen atoms in total. The monoisotopic (exact) mass is 340 g/mol. The van der Waals surface area contributed by atoms with Crippen LogP contribution < -0.4 is 10.2 Å². The van der Waals surface area contributed by atoms with Crippen LogP contribution in [0.3, 0.4) is 0 Å². The molecule has 0 atom stereocenters. The third-order valence-corrected chi connectivity index (χ3v) is 4.65. The van der Waals surface area contributed by atoms with Crippen LogP contribution in [0, 0.1) is 5.82 Å². The summed E-state index contributed by atoms with van der Waals surface area (Å²) >= 11 is 0. The highest BCUT2D eigenvalue weighted by Crippen LogP contribution is 2.20. The fraction of sp³-hybridized carbons (Fsp3) is 0.381. The Kier molecular flexibility index (Phi) is 6.04. The SMILES string of the molecule is O=C(Cc1ccc(F)cc1)NCCCc1ccc(N2CCCC2)cc1. The van der Waals surface area contributed by atoms with E-state index in [1.165, 1.54) is 49.3 Å². The number of amides is 1. The highest BCUT2D eigenvalue weighted by atomic mass is 19.1. The van der Waals surface area contributed by atoms with Gasteiger partial charge in [0.05, 0.1) is 6.42 Å². The van der Waals surface area contributed by atoms with E-state index in [9.17, 15) is 9.18 Å². The Bertz CT molecular complexity index is 676. The van der Waals surface area contributed by atoms with Gasteiger partial charge in [-0.15, -0.1) is 0 Å². The molecule has 3 rings (SSSR count). The first-order valence-corrected chi connectivity index (χ1v) is 9.06. The average molecular weight is 340 g/mol. The zero-order chi connectivity index (χ0) is 17.5. The smallest absolute Gasteiger partial charge is 0.224 e. The second-order valence-electron chi connectivity index (χ2n) is 6.62. The maximum Gasteiger partial charge on any atom is 0.224 e. The number of carbonyl (C=O) groups is 1. The lowest BCUT2D eigenvalue weighted by Crippen LogP contribution is -2.26. The van der Waals surface area contributed by atoms with E-state index in [1.54, 1.807) is 12.1 Å². The van der Waals surface area contributed by atoms with Crippen LogP contribution in [0.25, 0.3) is 0 Å². The zero-order valence-electron chi connectivity index (χ0n) is 14.5. The number of nitrogens with zero attached hydrogens (tertiary/aromatic N) is 1. The van der Waals surface area contributed by atoms with Gasteiger partial charge in [0.25, 0.3) is 0 Å². The highest BCUT2D eigenvalue weighted by Gasteiger charge is 2.11. The summed E-state index contributed by atoms with van der Waals surface area (Å²) in [6.07, 6.45) is 4.75. The van der Waals surface area contributed by atoms with Crippen molar-refractivity contribution in [2.45, 2.75) is 32.1 Å². The van der Waals surface area contributed by atoms with Crippen molar-refractivity contribution in [3.63, 3.8) is 0 Å². The summed E-state index contributed by atoms with van der Waals surface area (Å²) in [6.45, 7) is 2.99. The molecule has 1 amide bonds. The molecule has 2 aromatic carbocycles. The summed E-state index contributed by atoms with van der Waals surface area (Å²) in [4.78, 5) is 14.3. The molecule has 1 N–H and O–H groups in total. The Hall–Kier alpha value is -2.36. The van der Waals surface area contributed by atoms with Crippen LogP contribution in [0.15, 0.2) is 48.5 Å². The molecule has 1 saturated heterocycles. The van der Waals surface area contributed by atoms with Gasteiger partial charge in [-0.3, -0.25) is 4.79 Å². The number of nitrogens with one attached hydrogen (secondary N) is 1. The molecular weight excluding hydrogens is 315 g/mol. The molecular formula is C21H25FN2O. The molecule has 132 valence electrons. The number of carbonyl (C=O) groups excluding carboxylic acids is 1. The van der Waals surface area contributed by atoms with Crippen LogP contribution in [-0.2, 0) is 17.6 Å². The van der Waals surface area contributed by atoms with E-state index in [4.69, 9.17) is 0 Å². The Labute approximate surface area is 148 Å². The van der Waals surface area contributed by atoms with Crippen LogP contribution in [-0.4, -0.2) is 25.5 Å². The Balaban J connectivity index is 1.36. The van der Waals surface area contributed by atoms with Gasteiger partial charge in [0.2, 0.25) is 5.91 Å². The van der Waals surface area contributed by atoms with Crippen LogP contribution in [0.5, 0.6) is 0 Å². The molecule has 1 heterocycles. The van der Waals surface area contributed by atoms with Crippen molar-refractivity contribution in [3.8, 4) is 0 Å². The first-order chi connectivity index (χ1) is 12.2. The fourth-order valence-electron chi connectivity index (χ4n) is 3.22. The van der Waals surface area contributed by atoms with E-state index in [0.717, 1.165) is 18.4 Å². The van der Waals surface area contributed by atoms with Crippen molar-refractivity contribution in [2.24, 2.45) is 0 Å². The van der Waals surface area contributed by atoms with Gasteiger partial charge < -0.3 is 10.2 Å². The van der Waals surface area contributed by atoms with Gasteiger partial charge in [-0.25, -0.2) is 4.39 Å². The molecule has 0 radical (unpaired) electrons. The quantitative estimate of drug-likeness (QED) is 0.779. The normalized spacial score (nSPS) is 13.9. The minimum Gasteiger partial charge on any atom is -0.372 e. The van der Waals surface area contributed by atoms with Gasteiger partial charge in [-0.2, -0.15) is 0 Å². The van der Waals surface area contributed by atoms with E-state index < -0.39 is 0 Å². The van der Waals surface area contributed by atoms with E-state index in [2.05, 4.69) is 34.5 Å². The van der Waals surface area contributed by atoms with Crippen molar-refractivity contribution in [1.29, 1.82) is 0 Å². The van der Waals surface area contributed by atoms with Gasteiger partial charge in [0.1, 0.15) is 5.82 Å². The molecule has 1 fully saturated rings. The van der Waals surface area contributed by atoms with E-state index in [-0.39, 0.29) is 11.7 Å². The topological polar surface area (TPSA) is 32.3 Å². The van der Waals surface area contributed by atoms with Gasteiger partial charge in [0.15, 0.2) is 0 Å². The Morgan fingerprint density at radius 2 is 1.60 bits per heavy atom. The second-order valence-corrected chi connectivity index (χ2v) is 6.62. The van der Waals surface area contributed by atoms with Crippen molar-refractivity contribution < 1.29 is 9.18 Å². The number of hydrogen-bond acceptors (Lipinski definition) is 2. The van der Waals surface area contributed by atoms with Gasteiger partial charge >= 0.3 is 0 Å². The fourth-order valence-corrected chi connectivity index (χ4v) is 3.22. The summed E-state index contributed by atoms with van der Waals surface area (Å²) in [5.41, 5.74) is 3.45. The van der Waals surface area contributed by atoms with Gasteiger partial charge in [0, 0.05) is 25.3 Å². The summed E-state index contributed by atoms with van der Waals surface area (Å²) in [6, 6.07) is 14.8. The predicted molar refractivity (Wildman–Crippen MR) is 99.3 cm³/mol. The number of rotatable bonds is 7. The number of benzene rings is 2. The molecule has 2 aromatic rings. The second kappa shape index (κ2) is 8.65. The summed E-state index contributed by atoms with van der Waals surface area (Å²) in [5, 5.41) is 2.93. The standard InChI is InChI=1S/C21H25FN2O/c22-19-9-5-18(6-10-19)16-21(25)23-13-3-4-17-7-11-20(12-8-17)24-14-1-2-15-24/h5-12H,1-4,13-16H2,(H,23,25). The predicted octanol–water partition coefficient (Wildman–Crippen LogP) is 3.72. The molecule has 0 spiro atoms. The molecule has 0 aliphatic carbocycles. The number of anilines is 1. The highest BCUT2D eigenvalue weighted by molar-refractivity contribution is 5.78. The maximum absolute atomic E-state index is 12.8. The third-order valence-electron chi connectivity index (χ3n) is 4.65. The molecule has 25 heavy (non-hydrogen) atoms. The van der Waals surface area contributed by atoms with Crippen LogP contribution in [0.1, 0.15) is 30.4 Å². The number of halogens is 1. The Morgan fingerprint density at radius 3 is 2.28 bits per heavy atom. The lowest BCUT2D eigenvalue weighted by molar-refractivity contribution is -0.120. The minimum atomic E-state index is -0.278. The minimum absolute atomic E-state index is 0.0176. The summed E-state index contributed by atoms with van der Waals surface area (Å²) in [5.74, 6) is -0.295. The average Bonchev–Trinajstić information content (AvgIpc) is 3.16. The largest absolute Gasteiger partial charge is 0.372 e. The van der Waals surface area contributed by atoms with Crippen molar-refractivity contribution in [3.05, 3.63) is 65.5 Å². The summed E-state index contributed by atoms with van der Waals surface area (Å²) < 4.78 is 12.8. The van der Waals surface area contributed by atoms with Gasteiger partial charge in [-0.05, 0) is 61.1 Å². The van der Waals surface area contributed by atoms with E-state index in [0.29, 0.717) is 13.0 Å². The molecule has 0 bridgehead atoms. The van der Waals surface area contributed by atoms with Gasteiger partial charge in [-0.1, -0.05) is 24.3 Å². The van der Waals surface area contributed by atoms with Crippen molar-refractivity contribution in [1.82, 2.24) is 5.32 Å². The molecule has 4 heteroatoms. The van der Waals surface area contributed by atoms with E-state index >= 15 is 0 Å². The van der Waals surface area contributed by atoms with E-state index in [1.807, 2.05) is 0 Å². The first kappa shape index (κ1) is 17.5. The molecule has 1 aliphatic rings.